The third-order valence-corrected chi connectivity index (χ3v) is 3.70. The lowest BCUT2D eigenvalue weighted by Crippen LogP contribution is -2.51. The van der Waals surface area contributed by atoms with E-state index in [9.17, 15) is 9.59 Å². The van der Waals surface area contributed by atoms with Crippen molar-refractivity contribution in [2.45, 2.75) is 32.2 Å². The van der Waals surface area contributed by atoms with E-state index in [4.69, 9.17) is 14.6 Å². The van der Waals surface area contributed by atoms with Crippen LogP contribution >= 0.6 is 0 Å². The lowest BCUT2D eigenvalue weighted by atomic mass is 9.94. The standard InChI is InChI=1S/C16H21NO5/c1-11-3-4-12(2)13(7-11)22-9-14(18)17-16(8-15(19)20)5-6-21-10-16/h3-4,7H,5-6,8-10H2,1-2H3,(H,17,18)(H,19,20). The minimum Gasteiger partial charge on any atom is -0.483 e. The smallest absolute Gasteiger partial charge is 0.305 e. The molecule has 1 fully saturated rings. The minimum absolute atomic E-state index is 0.147. The number of carboxylic acids is 1. The monoisotopic (exact) mass is 307 g/mol. The predicted molar refractivity (Wildman–Crippen MR) is 80.0 cm³/mol. The summed E-state index contributed by atoms with van der Waals surface area (Å²) in [5, 5.41) is 11.7. The minimum atomic E-state index is -0.957. The zero-order valence-corrected chi connectivity index (χ0v) is 12.8. The number of rotatable bonds is 6. The van der Waals surface area contributed by atoms with Gasteiger partial charge in [-0.2, -0.15) is 0 Å². The van der Waals surface area contributed by atoms with E-state index in [1.54, 1.807) is 0 Å². The SMILES string of the molecule is Cc1ccc(C)c(OCC(=O)NC2(CC(=O)O)CCOC2)c1. The lowest BCUT2D eigenvalue weighted by Gasteiger charge is -2.27. The van der Waals surface area contributed by atoms with Gasteiger partial charge in [0.25, 0.3) is 5.91 Å². The normalized spacial score (nSPS) is 20.6. The van der Waals surface area contributed by atoms with E-state index >= 15 is 0 Å². The molecule has 0 aliphatic carbocycles. The highest BCUT2D eigenvalue weighted by Crippen LogP contribution is 2.23. The van der Waals surface area contributed by atoms with E-state index in [0.717, 1.165) is 11.1 Å². The molecule has 0 bridgehead atoms. The molecule has 0 radical (unpaired) electrons. The van der Waals surface area contributed by atoms with Crippen molar-refractivity contribution in [2.24, 2.45) is 0 Å². The second kappa shape index (κ2) is 6.79. The number of hydrogen-bond acceptors (Lipinski definition) is 4. The summed E-state index contributed by atoms with van der Waals surface area (Å²) in [5.74, 6) is -0.640. The van der Waals surface area contributed by atoms with Crippen LogP contribution in [-0.2, 0) is 14.3 Å². The number of amides is 1. The summed E-state index contributed by atoms with van der Waals surface area (Å²) in [6, 6.07) is 5.77. The summed E-state index contributed by atoms with van der Waals surface area (Å²) in [6.07, 6.45) is 0.344. The van der Waals surface area contributed by atoms with Gasteiger partial charge in [-0.15, -0.1) is 0 Å². The van der Waals surface area contributed by atoms with Gasteiger partial charge in [-0.3, -0.25) is 9.59 Å². The van der Waals surface area contributed by atoms with Crippen molar-refractivity contribution in [2.75, 3.05) is 19.8 Å². The Labute approximate surface area is 129 Å². The third kappa shape index (κ3) is 4.21. The molecule has 1 aliphatic rings. The Morgan fingerprint density at radius 2 is 2.18 bits per heavy atom. The molecule has 1 atom stereocenters. The molecule has 0 saturated carbocycles. The summed E-state index contributed by atoms with van der Waals surface area (Å²) in [4.78, 5) is 23.0. The quantitative estimate of drug-likeness (QED) is 0.830. The topological polar surface area (TPSA) is 84.9 Å². The van der Waals surface area contributed by atoms with Crippen molar-refractivity contribution >= 4 is 11.9 Å². The van der Waals surface area contributed by atoms with E-state index in [2.05, 4.69) is 5.32 Å². The maximum atomic E-state index is 12.1. The van der Waals surface area contributed by atoms with Gasteiger partial charge in [0.2, 0.25) is 0 Å². The van der Waals surface area contributed by atoms with E-state index < -0.39 is 11.5 Å². The number of benzene rings is 1. The van der Waals surface area contributed by atoms with Crippen LogP contribution in [0.2, 0.25) is 0 Å². The lowest BCUT2D eigenvalue weighted by molar-refractivity contribution is -0.139. The number of nitrogens with one attached hydrogen (secondary N) is 1. The molecule has 120 valence electrons. The van der Waals surface area contributed by atoms with Crippen LogP contribution in [0.3, 0.4) is 0 Å². The molecule has 6 heteroatoms. The summed E-state index contributed by atoms with van der Waals surface area (Å²) < 4.78 is 10.8. The fraction of sp³-hybridized carbons (Fsp3) is 0.500. The second-order valence-electron chi connectivity index (χ2n) is 5.76. The number of aryl methyl sites for hydroxylation is 2. The van der Waals surface area contributed by atoms with Gasteiger partial charge in [-0.1, -0.05) is 12.1 Å². The van der Waals surface area contributed by atoms with Crippen LogP contribution in [0, 0.1) is 13.8 Å². The predicted octanol–water partition coefficient (Wildman–Crippen LogP) is 1.43. The molecule has 1 aromatic carbocycles. The molecular weight excluding hydrogens is 286 g/mol. The van der Waals surface area contributed by atoms with Crippen LogP contribution in [0.1, 0.15) is 24.0 Å². The van der Waals surface area contributed by atoms with Crippen LogP contribution in [0.15, 0.2) is 18.2 Å². The van der Waals surface area contributed by atoms with Gasteiger partial charge < -0.3 is 19.9 Å². The number of ether oxygens (including phenoxy) is 2. The molecule has 1 aromatic rings. The summed E-state index contributed by atoms with van der Waals surface area (Å²) in [6.45, 7) is 4.37. The van der Waals surface area contributed by atoms with Gasteiger partial charge in [0.1, 0.15) is 5.75 Å². The zero-order chi connectivity index (χ0) is 16.2. The van der Waals surface area contributed by atoms with Crippen molar-refractivity contribution in [3.05, 3.63) is 29.3 Å². The van der Waals surface area contributed by atoms with E-state index in [1.165, 1.54) is 0 Å². The van der Waals surface area contributed by atoms with Crippen molar-refractivity contribution in [3.8, 4) is 5.75 Å². The maximum absolute atomic E-state index is 12.1. The highest BCUT2D eigenvalue weighted by molar-refractivity contribution is 5.79. The molecule has 1 unspecified atom stereocenters. The van der Waals surface area contributed by atoms with Gasteiger partial charge in [0, 0.05) is 6.61 Å². The molecule has 0 aromatic heterocycles. The Kier molecular flexibility index (Phi) is 5.03. The van der Waals surface area contributed by atoms with Crippen molar-refractivity contribution in [3.63, 3.8) is 0 Å². The van der Waals surface area contributed by atoms with Crippen LogP contribution in [0.4, 0.5) is 0 Å². The maximum Gasteiger partial charge on any atom is 0.305 e. The molecule has 1 heterocycles. The van der Waals surface area contributed by atoms with Crippen LogP contribution in [0.5, 0.6) is 5.75 Å². The first kappa shape index (κ1) is 16.3. The molecule has 1 aliphatic heterocycles. The van der Waals surface area contributed by atoms with Gasteiger partial charge in [0.05, 0.1) is 18.6 Å². The molecule has 2 N–H and O–H groups in total. The van der Waals surface area contributed by atoms with Gasteiger partial charge in [-0.05, 0) is 37.5 Å². The first-order chi connectivity index (χ1) is 10.4. The highest BCUT2D eigenvalue weighted by Gasteiger charge is 2.38. The largest absolute Gasteiger partial charge is 0.483 e. The van der Waals surface area contributed by atoms with Crippen LogP contribution in [0.25, 0.3) is 0 Å². The number of carbonyl (C=O) groups is 2. The number of carboxylic acid groups (broad SMARTS) is 1. The zero-order valence-electron chi connectivity index (χ0n) is 12.8. The third-order valence-electron chi connectivity index (χ3n) is 3.70. The Morgan fingerprint density at radius 3 is 2.82 bits per heavy atom. The Balaban J connectivity index is 1.94. The molecule has 22 heavy (non-hydrogen) atoms. The van der Waals surface area contributed by atoms with E-state index in [-0.39, 0.29) is 25.5 Å². The van der Waals surface area contributed by atoms with E-state index in [0.29, 0.717) is 18.8 Å². The summed E-state index contributed by atoms with van der Waals surface area (Å²) in [5.41, 5.74) is 1.17. The van der Waals surface area contributed by atoms with Crippen molar-refractivity contribution < 1.29 is 24.2 Å². The molecule has 0 spiro atoms. The van der Waals surface area contributed by atoms with Crippen molar-refractivity contribution in [1.29, 1.82) is 0 Å². The number of carbonyl (C=O) groups excluding carboxylic acids is 1. The van der Waals surface area contributed by atoms with Gasteiger partial charge in [0.15, 0.2) is 6.61 Å². The average Bonchev–Trinajstić information content (AvgIpc) is 2.87. The highest BCUT2D eigenvalue weighted by atomic mass is 16.5. The molecule has 1 saturated heterocycles. The second-order valence-corrected chi connectivity index (χ2v) is 5.76. The van der Waals surface area contributed by atoms with Crippen molar-refractivity contribution in [1.82, 2.24) is 5.32 Å². The fourth-order valence-electron chi connectivity index (χ4n) is 2.52. The number of aliphatic carboxylic acids is 1. The van der Waals surface area contributed by atoms with Gasteiger partial charge >= 0.3 is 5.97 Å². The average molecular weight is 307 g/mol. The summed E-state index contributed by atoms with van der Waals surface area (Å²) in [7, 11) is 0. The van der Waals surface area contributed by atoms with Gasteiger partial charge in [-0.25, -0.2) is 0 Å². The summed E-state index contributed by atoms with van der Waals surface area (Å²) >= 11 is 0. The first-order valence-corrected chi connectivity index (χ1v) is 7.21. The van der Waals surface area contributed by atoms with Crippen LogP contribution < -0.4 is 10.1 Å². The van der Waals surface area contributed by atoms with E-state index in [1.807, 2.05) is 32.0 Å². The molecule has 6 nitrogen and oxygen atoms in total. The Hall–Kier alpha value is -2.08. The Bertz CT molecular complexity index is 564. The fourth-order valence-corrected chi connectivity index (χ4v) is 2.52. The van der Waals surface area contributed by atoms with Crippen LogP contribution in [-0.4, -0.2) is 42.3 Å². The molecular formula is C16H21NO5. The Morgan fingerprint density at radius 1 is 1.41 bits per heavy atom. The molecule has 2 rings (SSSR count). The molecule has 1 amide bonds. The number of hydrogen-bond donors (Lipinski definition) is 2. The first-order valence-electron chi connectivity index (χ1n) is 7.21.